The molecule has 0 radical (unpaired) electrons. The summed E-state index contributed by atoms with van der Waals surface area (Å²) in [7, 11) is 0. The van der Waals surface area contributed by atoms with Gasteiger partial charge >= 0.3 is 0 Å². The van der Waals surface area contributed by atoms with Gasteiger partial charge in [0.1, 0.15) is 5.82 Å². The van der Waals surface area contributed by atoms with E-state index in [1.54, 1.807) is 12.1 Å². The summed E-state index contributed by atoms with van der Waals surface area (Å²) in [6.07, 6.45) is 2.43. The van der Waals surface area contributed by atoms with Crippen molar-refractivity contribution < 1.29 is 9.13 Å². The maximum Gasteiger partial charge on any atom is 0.128 e. The molecule has 1 N–H and O–H groups in total. The Morgan fingerprint density at radius 2 is 2.25 bits per heavy atom. The number of hydrogen-bond donors (Lipinski definition) is 1. The van der Waals surface area contributed by atoms with Crippen LogP contribution in [0.3, 0.4) is 0 Å². The molecule has 1 aliphatic heterocycles. The quantitative estimate of drug-likeness (QED) is 0.846. The first-order valence-electron chi connectivity index (χ1n) is 5.88. The van der Waals surface area contributed by atoms with Crippen LogP contribution in [0.5, 0.6) is 0 Å². The van der Waals surface area contributed by atoms with E-state index in [4.69, 9.17) is 4.74 Å². The molecule has 0 saturated carbocycles. The van der Waals surface area contributed by atoms with Gasteiger partial charge < -0.3 is 10.1 Å². The molecule has 1 saturated heterocycles. The van der Waals surface area contributed by atoms with Gasteiger partial charge in [0, 0.05) is 12.1 Å². The standard InChI is InChI=1S/C13H18FNO/c14-13-6-2-1-5-12(13)10-16-9-11-4-3-7-15-8-11/h1-2,5-6,11,15H,3-4,7-10H2/t11-/m0/s1. The first kappa shape index (κ1) is 11.6. The van der Waals surface area contributed by atoms with Crippen molar-refractivity contribution in [2.24, 2.45) is 5.92 Å². The fourth-order valence-corrected chi connectivity index (χ4v) is 2.02. The van der Waals surface area contributed by atoms with Gasteiger partial charge in [0.15, 0.2) is 0 Å². The molecule has 1 atom stereocenters. The minimum Gasteiger partial charge on any atom is -0.376 e. The third kappa shape index (κ3) is 3.29. The van der Waals surface area contributed by atoms with Crippen molar-refractivity contribution in [3.8, 4) is 0 Å². The first-order chi connectivity index (χ1) is 7.86. The second-order valence-electron chi connectivity index (χ2n) is 4.32. The Morgan fingerprint density at radius 1 is 1.38 bits per heavy atom. The lowest BCUT2D eigenvalue weighted by atomic mass is 10.0. The number of halogens is 1. The van der Waals surface area contributed by atoms with Crippen LogP contribution in [0.2, 0.25) is 0 Å². The van der Waals surface area contributed by atoms with Gasteiger partial charge in [0.05, 0.1) is 13.2 Å². The van der Waals surface area contributed by atoms with Crippen molar-refractivity contribution in [1.29, 1.82) is 0 Å². The Morgan fingerprint density at radius 3 is 3.00 bits per heavy atom. The second kappa shape index (κ2) is 5.97. The summed E-state index contributed by atoms with van der Waals surface area (Å²) in [5, 5.41) is 3.34. The summed E-state index contributed by atoms with van der Waals surface area (Å²) in [5.41, 5.74) is 0.645. The van der Waals surface area contributed by atoms with Gasteiger partial charge in [-0.15, -0.1) is 0 Å². The van der Waals surface area contributed by atoms with Gasteiger partial charge in [-0.1, -0.05) is 18.2 Å². The number of benzene rings is 1. The molecular formula is C13H18FNO. The molecule has 1 aromatic rings. The van der Waals surface area contributed by atoms with E-state index in [2.05, 4.69) is 5.32 Å². The van der Waals surface area contributed by atoms with Crippen LogP contribution in [-0.2, 0) is 11.3 Å². The summed E-state index contributed by atoms with van der Waals surface area (Å²) in [6.45, 7) is 3.24. The van der Waals surface area contributed by atoms with Crippen LogP contribution in [0.4, 0.5) is 4.39 Å². The highest BCUT2D eigenvalue weighted by Crippen LogP contribution is 2.12. The van der Waals surface area contributed by atoms with E-state index in [0.29, 0.717) is 18.1 Å². The molecule has 0 spiro atoms. The van der Waals surface area contributed by atoms with Gasteiger partial charge in [-0.05, 0) is 31.4 Å². The molecule has 2 rings (SSSR count). The molecule has 2 nitrogen and oxygen atoms in total. The lowest BCUT2D eigenvalue weighted by Crippen LogP contribution is -2.32. The lowest BCUT2D eigenvalue weighted by molar-refractivity contribution is 0.0766. The minimum atomic E-state index is -0.177. The van der Waals surface area contributed by atoms with E-state index >= 15 is 0 Å². The summed E-state index contributed by atoms with van der Waals surface area (Å²) < 4.78 is 18.8. The van der Waals surface area contributed by atoms with Crippen LogP contribution < -0.4 is 5.32 Å². The zero-order chi connectivity index (χ0) is 11.2. The van der Waals surface area contributed by atoms with Crippen LogP contribution in [0.15, 0.2) is 24.3 Å². The van der Waals surface area contributed by atoms with Crippen LogP contribution in [0, 0.1) is 11.7 Å². The third-order valence-corrected chi connectivity index (χ3v) is 2.97. The highest BCUT2D eigenvalue weighted by atomic mass is 19.1. The Balaban J connectivity index is 1.73. The van der Waals surface area contributed by atoms with E-state index in [-0.39, 0.29) is 5.82 Å². The lowest BCUT2D eigenvalue weighted by Gasteiger charge is -2.22. The maximum atomic E-state index is 13.3. The van der Waals surface area contributed by atoms with E-state index in [1.165, 1.54) is 18.9 Å². The molecule has 88 valence electrons. The van der Waals surface area contributed by atoms with E-state index in [1.807, 2.05) is 6.07 Å². The second-order valence-corrected chi connectivity index (χ2v) is 4.32. The first-order valence-corrected chi connectivity index (χ1v) is 5.88. The number of ether oxygens (including phenoxy) is 1. The van der Waals surface area contributed by atoms with Crippen molar-refractivity contribution in [1.82, 2.24) is 5.32 Å². The van der Waals surface area contributed by atoms with Gasteiger partial charge in [0.2, 0.25) is 0 Å². The molecule has 3 heteroatoms. The largest absolute Gasteiger partial charge is 0.376 e. The molecule has 0 bridgehead atoms. The van der Waals surface area contributed by atoms with Crippen LogP contribution >= 0.6 is 0 Å². The van der Waals surface area contributed by atoms with Gasteiger partial charge in [-0.3, -0.25) is 0 Å². The van der Waals surface area contributed by atoms with Gasteiger partial charge in [-0.2, -0.15) is 0 Å². The number of nitrogens with one attached hydrogen (secondary N) is 1. The summed E-state index contributed by atoms with van der Waals surface area (Å²) in [6, 6.07) is 6.78. The third-order valence-electron chi connectivity index (χ3n) is 2.97. The van der Waals surface area contributed by atoms with Crippen molar-refractivity contribution >= 4 is 0 Å². The molecule has 1 aromatic carbocycles. The molecule has 1 fully saturated rings. The predicted octanol–water partition coefficient (Wildman–Crippen LogP) is 2.34. The average Bonchev–Trinajstić information content (AvgIpc) is 2.33. The van der Waals surface area contributed by atoms with E-state index < -0.39 is 0 Å². The van der Waals surface area contributed by atoms with Crippen LogP contribution in [-0.4, -0.2) is 19.7 Å². The normalized spacial score (nSPS) is 20.9. The smallest absolute Gasteiger partial charge is 0.128 e. The summed E-state index contributed by atoms with van der Waals surface area (Å²) >= 11 is 0. The average molecular weight is 223 g/mol. The summed E-state index contributed by atoms with van der Waals surface area (Å²) in [5.74, 6) is 0.407. The fraction of sp³-hybridized carbons (Fsp3) is 0.538. The summed E-state index contributed by atoms with van der Waals surface area (Å²) in [4.78, 5) is 0. The molecule has 1 aliphatic rings. The molecule has 0 unspecified atom stereocenters. The van der Waals surface area contributed by atoms with Crippen molar-refractivity contribution in [2.45, 2.75) is 19.4 Å². The number of rotatable bonds is 4. The van der Waals surface area contributed by atoms with E-state index in [0.717, 1.165) is 19.7 Å². The van der Waals surface area contributed by atoms with Crippen LogP contribution in [0.25, 0.3) is 0 Å². The van der Waals surface area contributed by atoms with Gasteiger partial charge in [-0.25, -0.2) is 4.39 Å². The topological polar surface area (TPSA) is 21.3 Å². The Kier molecular flexibility index (Phi) is 4.31. The van der Waals surface area contributed by atoms with Crippen molar-refractivity contribution in [3.05, 3.63) is 35.6 Å². The Labute approximate surface area is 95.8 Å². The Bertz CT molecular complexity index is 323. The number of piperidine rings is 1. The van der Waals surface area contributed by atoms with Crippen LogP contribution in [0.1, 0.15) is 18.4 Å². The Hall–Kier alpha value is -0.930. The number of hydrogen-bond acceptors (Lipinski definition) is 2. The van der Waals surface area contributed by atoms with Crippen molar-refractivity contribution in [3.63, 3.8) is 0 Å². The van der Waals surface area contributed by atoms with Crippen molar-refractivity contribution in [2.75, 3.05) is 19.7 Å². The molecule has 0 amide bonds. The highest BCUT2D eigenvalue weighted by molar-refractivity contribution is 5.16. The molecule has 0 aliphatic carbocycles. The molecule has 0 aromatic heterocycles. The molecule has 1 heterocycles. The maximum absolute atomic E-state index is 13.3. The predicted molar refractivity (Wildman–Crippen MR) is 61.6 cm³/mol. The zero-order valence-corrected chi connectivity index (χ0v) is 9.42. The van der Waals surface area contributed by atoms with Gasteiger partial charge in [0.25, 0.3) is 0 Å². The molecular weight excluding hydrogens is 205 g/mol. The minimum absolute atomic E-state index is 0.177. The zero-order valence-electron chi connectivity index (χ0n) is 9.42. The highest BCUT2D eigenvalue weighted by Gasteiger charge is 2.12. The SMILES string of the molecule is Fc1ccccc1COC[C@H]1CCCNC1. The fourth-order valence-electron chi connectivity index (χ4n) is 2.02. The monoisotopic (exact) mass is 223 g/mol. The molecule has 16 heavy (non-hydrogen) atoms. The van der Waals surface area contributed by atoms with E-state index in [9.17, 15) is 4.39 Å².